The van der Waals surface area contributed by atoms with E-state index in [-0.39, 0.29) is 103 Å². The van der Waals surface area contributed by atoms with E-state index in [1.165, 1.54) is 0 Å². The predicted molar refractivity (Wildman–Crippen MR) is 317 cm³/mol. The van der Waals surface area contributed by atoms with E-state index in [0.29, 0.717) is 50.1 Å². The van der Waals surface area contributed by atoms with E-state index in [9.17, 15) is 5.48 Å². The summed E-state index contributed by atoms with van der Waals surface area (Å²) in [6.45, 7) is 18.8. The number of hydrogen-bond acceptors (Lipinski definition) is 4. The van der Waals surface area contributed by atoms with Crippen LogP contribution in [-0.2, 0) is 37.3 Å². The number of nitrogens with zero attached hydrogens (tertiary/aromatic N) is 4. The third-order valence-corrected chi connectivity index (χ3v) is 14.2. The molecule has 384 valence electrons. The fourth-order valence-electron chi connectivity index (χ4n) is 9.99. The molecule has 5 nitrogen and oxygen atoms in total. The number of rotatable bonds is 10. The second-order valence-electron chi connectivity index (χ2n) is 21.7. The van der Waals surface area contributed by atoms with E-state index in [1.807, 2.05) is 115 Å². The SMILES string of the molecule is [2H]c1nc(-n2c3[c-]c(Oc4[c-]c(N5[CH-]N(c6c(-c7cc(C(C)(C)C)cc(C(C)(C)C)c7)cccc6-c6c([2H])c([2H])c([2H])c([2H])c6[2H])c6ccccc65)ccc4)ccc3c3cc(-c4c([2H])c([2H])c([2H])c([2H])c4[2H])ccc32)c([2H])c(C(C)(C)c2ccccc2)c1[2H].[Pt]. The van der Waals surface area contributed by atoms with Crippen LogP contribution in [0.15, 0.2) is 218 Å². The van der Waals surface area contributed by atoms with Crippen molar-refractivity contribution < 1.29 is 43.6 Å². The molecule has 0 N–H and O–H groups in total. The van der Waals surface area contributed by atoms with Crippen LogP contribution in [-0.4, -0.2) is 9.55 Å². The van der Waals surface area contributed by atoms with Crippen LogP contribution >= 0.6 is 0 Å². The summed E-state index contributed by atoms with van der Waals surface area (Å²) < 4.78 is 124. The molecular weight excluding hydrogens is 1120 g/mol. The van der Waals surface area contributed by atoms with Gasteiger partial charge in [-0.1, -0.05) is 212 Å². The second-order valence-corrected chi connectivity index (χ2v) is 21.7. The number of hydrogen-bond donors (Lipinski definition) is 0. The first-order valence-electron chi connectivity index (χ1n) is 31.8. The molecule has 0 bridgehead atoms. The van der Waals surface area contributed by atoms with Crippen LogP contribution in [0, 0.1) is 18.8 Å². The Balaban J connectivity index is 0.00000833. The molecule has 77 heavy (non-hydrogen) atoms. The Bertz CT molecular complexity index is 4660. The van der Waals surface area contributed by atoms with E-state index >= 15 is 0 Å². The molecule has 6 heteroatoms. The predicted octanol–water partition coefficient (Wildman–Crippen LogP) is 18.9. The molecule has 0 atom stereocenters. The van der Waals surface area contributed by atoms with Crippen molar-refractivity contribution in [3.8, 4) is 50.7 Å². The van der Waals surface area contributed by atoms with E-state index < -0.39 is 41.7 Å². The molecule has 3 heterocycles. The summed E-state index contributed by atoms with van der Waals surface area (Å²) >= 11 is 0. The van der Waals surface area contributed by atoms with Gasteiger partial charge in [-0.3, -0.25) is 0 Å². The normalized spacial score (nSPS) is 15.1. The van der Waals surface area contributed by atoms with E-state index in [2.05, 4.69) is 76.9 Å². The minimum absolute atomic E-state index is 0. The van der Waals surface area contributed by atoms with Crippen LogP contribution < -0.4 is 14.5 Å². The zero-order chi connectivity index (χ0) is 63.7. The fraction of sp³-hybridized carbons (Fsp3) is 0.155. The molecule has 0 spiro atoms. The van der Waals surface area contributed by atoms with Gasteiger partial charge in [0.2, 0.25) is 0 Å². The molecular formula is C71H61N4OPt-3. The van der Waals surface area contributed by atoms with Gasteiger partial charge in [0.1, 0.15) is 5.82 Å². The molecule has 9 aromatic carbocycles. The Morgan fingerprint density at radius 3 is 1.82 bits per heavy atom. The van der Waals surface area contributed by atoms with Crippen molar-refractivity contribution in [1.82, 2.24) is 9.55 Å². The largest absolute Gasteiger partial charge is 0.509 e. The molecule has 2 aromatic heterocycles. The van der Waals surface area contributed by atoms with Gasteiger partial charge in [0, 0.05) is 77.9 Å². The zero-order valence-electron chi connectivity index (χ0n) is 56.9. The van der Waals surface area contributed by atoms with Crippen LogP contribution in [0.4, 0.5) is 22.7 Å². The quantitative estimate of drug-likeness (QED) is 0.128. The van der Waals surface area contributed by atoms with Crippen molar-refractivity contribution in [2.75, 3.05) is 9.80 Å². The van der Waals surface area contributed by atoms with Gasteiger partial charge in [-0.2, -0.15) is 12.1 Å². The van der Waals surface area contributed by atoms with Crippen molar-refractivity contribution in [1.29, 1.82) is 0 Å². The summed E-state index contributed by atoms with van der Waals surface area (Å²) in [6, 6.07) is 46.1. The van der Waals surface area contributed by atoms with Gasteiger partial charge in [-0.05, 0) is 91.0 Å². The van der Waals surface area contributed by atoms with Crippen LogP contribution in [0.5, 0.6) is 11.5 Å². The Morgan fingerprint density at radius 1 is 0.506 bits per heavy atom. The number of anilines is 4. The third kappa shape index (κ3) is 9.68. The molecule has 0 fully saturated rings. The van der Waals surface area contributed by atoms with Gasteiger partial charge in [-0.25, -0.2) is 4.98 Å². The fourth-order valence-corrected chi connectivity index (χ4v) is 9.99. The van der Waals surface area contributed by atoms with Gasteiger partial charge in [-0.15, -0.1) is 48.1 Å². The Hall–Kier alpha value is -7.98. The van der Waals surface area contributed by atoms with Crippen molar-refractivity contribution in [3.63, 3.8) is 0 Å². The van der Waals surface area contributed by atoms with Gasteiger partial charge in [0.15, 0.2) is 0 Å². The van der Waals surface area contributed by atoms with E-state index in [0.717, 1.165) is 39.2 Å². The first-order valence-corrected chi connectivity index (χ1v) is 25.3. The number of benzene rings is 9. The van der Waals surface area contributed by atoms with Crippen LogP contribution in [0.2, 0.25) is 0 Å². The van der Waals surface area contributed by atoms with Crippen LogP contribution in [0.1, 0.15) is 95.5 Å². The Kier molecular flexibility index (Phi) is 9.89. The van der Waals surface area contributed by atoms with Crippen molar-refractivity contribution in [2.24, 2.45) is 0 Å². The first kappa shape index (κ1) is 37.7. The van der Waals surface area contributed by atoms with Gasteiger partial charge < -0.3 is 19.1 Å². The molecule has 12 rings (SSSR count). The van der Waals surface area contributed by atoms with Gasteiger partial charge >= 0.3 is 0 Å². The summed E-state index contributed by atoms with van der Waals surface area (Å²) in [7, 11) is 0. The maximum absolute atomic E-state index is 9.90. The number of aromatic nitrogens is 2. The average Bonchev–Trinajstić information content (AvgIpc) is 1.54. The molecule has 0 unspecified atom stereocenters. The van der Waals surface area contributed by atoms with E-state index in [1.54, 1.807) is 41.0 Å². The summed E-state index contributed by atoms with van der Waals surface area (Å²) in [4.78, 5) is 8.59. The minimum atomic E-state index is -0.927. The van der Waals surface area contributed by atoms with Crippen LogP contribution in [0.25, 0.3) is 61.0 Å². The zero-order valence-corrected chi connectivity index (χ0v) is 46.1. The topological polar surface area (TPSA) is 33.5 Å². The smallest absolute Gasteiger partial charge is 0.135 e. The second kappa shape index (κ2) is 20.2. The van der Waals surface area contributed by atoms with Gasteiger partial charge in [0.05, 0.1) is 17.8 Å². The maximum Gasteiger partial charge on any atom is 0.135 e. The van der Waals surface area contributed by atoms with Crippen LogP contribution in [0.3, 0.4) is 0 Å². The number of pyridine rings is 1. The summed E-state index contributed by atoms with van der Waals surface area (Å²) in [5, 5.41) is 1.14. The third-order valence-electron chi connectivity index (χ3n) is 14.2. The van der Waals surface area contributed by atoms with Crippen molar-refractivity contribution >= 4 is 44.6 Å². The summed E-state index contributed by atoms with van der Waals surface area (Å²) in [6.07, 6.45) is -0.350. The molecule has 11 aromatic rings. The monoisotopic (exact) mass is 1190 g/mol. The number of ether oxygens (including phenoxy) is 1. The summed E-state index contributed by atoms with van der Waals surface area (Å²) in [5.41, 5.74) is 7.94. The standard InChI is InChI=1S/C71H61N4O.Pt/c1-69(2,3)54-40-51(41-55(43-54)70(4,5)6)60-31-21-30-59(49-24-14-10-15-25-49)68(60)74-47-73(64-32-18-19-33-65(64)74)56-28-20-29-57(45-56)76-58-35-36-61-62-42-50(48-22-12-9-13-23-48)34-37-63(62)75(66(61)46-58)67-44-53(38-39-72-67)71(7,8)52-26-16-11-17-27-52;/h9-44,47H,1-8H3;/q-3;/i9D,10D,12D,13D,14D,15D,22D,23D,24D,25D,38D,39D,44D;. The Morgan fingerprint density at radius 2 is 1.13 bits per heavy atom. The Labute approximate surface area is 487 Å². The molecule has 0 amide bonds. The van der Waals surface area contributed by atoms with E-state index in [4.69, 9.17) is 17.1 Å². The number of para-hydroxylation sites is 3. The molecule has 0 saturated heterocycles. The van der Waals surface area contributed by atoms with Gasteiger partial charge in [0.25, 0.3) is 0 Å². The maximum atomic E-state index is 9.90. The van der Waals surface area contributed by atoms with Crippen molar-refractivity contribution in [2.45, 2.75) is 71.6 Å². The first-order chi connectivity index (χ1) is 42.1. The minimum Gasteiger partial charge on any atom is -0.509 e. The van der Waals surface area contributed by atoms with Crippen molar-refractivity contribution in [3.05, 3.63) is 259 Å². The molecule has 0 saturated carbocycles. The average molecular weight is 1190 g/mol. The summed E-state index contributed by atoms with van der Waals surface area (Å²) in [5.74, 6) is 0.570. The molecule has 1 aliphatic heterocycles. The number of fused-ring (bicyclic) bond motifs is 4. The molecule has 0 radical (unpaired) electrons. The molecule has 0 aliphatic carbocycles. The molecule has 1 aliphatic rings.